The Hall–Kier alpha value is 0.0700. The fourth-order valence-electron chi connectivity index (χ4n) is 0.371. The standard InChI is InChI=1S/C3H11N2O3P/c4-1-3(2-5)9(6,7)8/h3H,1-2,4-5H2,(H2,6,7,8). The number of rotatable bonds is 3. The van der Waals surface area contributed by atoms with Crippen molar-refractivity contribution in [3.05, 3.63) is 0 Å². The van der Waals surface area contributed by atoms with Crippen LogP contribution in [0.15, 0.2) is 0 Å². The van der Waals surface area contributed by atoms with E-state index in [9.17, 15) is 4.57 Å². The van der Waals surface area contributed by atoms with Gasteiger partial charge in [-0.25, -0.2) is 0 Å². The summed E-state index contributed by atoms with van der Waals surface area (Å²) in [5, 5.41) is 0. The van der Waals surface area contributed by atoms with E-state index in [2.05, 4.69) is 0 Å². The van der Waals surface area contributed by atoms with Gasteiger partial charge in [0, 0.05) is 13.1 Å². The van der Waals surface area contributed by atoms with Crippen molar-refractivity contribution >= 4 is 7.60 Å². The van der Waals surface area contributed by atoms with Crippen LogP contribution in [0.4, 0.5) is 0 Å². The Balaban J connectivity index is 3.96. The van der Waals surface area contributed by atoms with Crippen LogP contribution in [0.5, 0.6) is 0 Å². The molecule has 0 unspecified atom stereocenters. The quantitative estimate of drug-likeness (QED) is 0.368. The maximum absolute atomic E-state index is 10.3. The minimum absolute atomic E-state index is 0.0687. The first-order valence-corrected chi connectivity index (χ1v) is 4.16. The highest BCUT2D eigenvalue weighted by Crippen LogP contribution is 2.39. The first-order chi connectivity index (χ1) is 4.02. The van der Waals surface area contributed by atoms with Gasteiger partial charge in [-0.2, -0.15) is 0 Å². The van der Waals surface area contributed by atoms with E-state index in [0.29, 0.717) is 0 Å². The van der Waals surface area contributed by atoms with Crippen LogP contribution in [0.2, 0.25) is 0 Å². The SMILES string of the molecule is NCC(CN)P(=O)(O)O. The van der Waals surface area contributed by atoms with Gasteiger partial charge in [0.05, 0.1) is 5.66 Å². The summed E-state index contributed by atoms with van der Waals surface area (Å²) >= 11 is 0. The van der Waals surface area contributed by atoms with Crippen molar-refractivity contribution in [3.63, 3.8) is 0 Å². The van der Waals surface area contributed by atoms with Crippen LogP contribution in [-0.2, 0) is 4.57 Å². The van der Waals surface area contributed by atoms with E-state index in [1.807, 2.05) is 0 Å². The molecule has 0 saturated carbocycles. The Labute approximate surface area is 53.2 Å². The second-order valence-electron chi connectivity index (χ2n) is 1.71. The molecule has 0 heterocycles. The minimum atomic E-state index is -4.03. The molecule has 56 valence electrons. The molecular formula is C3H11N2O3P. The minimum Gasteiger partial charge on any atom is -0.330 e. The lowest BCUT2D eigenvalue weighted by Gasteiger charge is -2.12. The third-order valence-electron chi connectivity index (χ3n) is 1.02. The summed E-state index contributed by atoms with van der Waals surface area (Å²) in [5.41, 5.74) is 9.12. The first-order valence-electron chi connectivity index (χ1n) is 2.47. The third-order valence-corrected chi connectivity index (χ3v) is 2.39. The Bertz CT molecular complexity index is 118. The molecule has 5 nitrogen and oxygen atoms in total. The summed E-state index contributed by atoms with van der Waals surface area (Å²) < 4.78 is 10.3. The number of hydrogen-bond acceptors (Lipinski definition) is 3. The van der Waals surface area contributed by atoms with Gasteiger partial charge >= 0.3 is 7.60 Å². The molecular weight excluding hydrogens is 143 g/mol. The predicted molar refractivity (Wildman–Crippen MR) is 33.9 cm³/mol. The fourth-order valence-corrected chi connectivity index (χ4v) is 0.920. The van der Waals surface area contributed by atoms with Crippen molar-refractivity contribution in [1.29, 1.82) is 0 Å². The molecule has 6 N–H and O–H groups in total. The van der Waals surface area contributed by atoms with Crippen molar-refractivity contribution in [2.75, 3.05) is 13.1 Å². The summed E-state index contributed by atoms with van der Waals surface area (Å²) in [7, 11) is -4.03. The van der Waals surface area contributed by atoms with Crippen LogP contribution in [-0.4, -0.2) is 28.5 Å². The average Bonchev–Trinajstić information content (AvgIpc) is 1.65. The molecule has 0 aliphatic heterocycles. The Kier molecular flexibility index (Phi) is 3.32. The zero-order chi connectivity index (χ0) is 7.49. The van der Waals surface area contributed by atoms with Crippen LogP contribution in [0.1, 0.15) is 0 Å². The largest absolute Gasteiger partial charge is 0.331 e. The highest BCUT2D eigenvalue weighted by molar-refractivity contribution is 7.52. The summed E-state index contributed by atoms with van der Waals surface area (Å²) in [4.78, 5) is 16.9. The summed E-state index contributed by atoms with van der Waals surface area (Å²) in [5.74, 6) is 0. The molecule has 0 fully saturated rings. The maximum Gasteiger partial charge on any atom is 0.331 e. The van der Waals surface area contributed by atoms with Gasteiger partial charge in [-0.3, -0.25) is 4.57 Å². The molecule has 0 bridgehead atoms. The van der Waals surface area contributed by atoms with Gasteiger partial charge in [0.1, 0.15) is 0 Å². The Morgan fingerprint density at radius 3 is 1.67 bits per heavy atom. The molecule has 0 aromatic carbocycles. The van der Waals surface area contributed by atoms with Crippen molar-refractivity contribution in [3.8, 4) is 0 Å². The van der Waals surface area contributed by atoms with Crippen molar-refractivity contribution in [2.45, 2.75) is 5.66 Å². The molecule has 0 aliphatic rings. The van der Waals surface area contributed by atoms with E-state index < -0.39 is 13.3 Å². The second kappa shape index (κ2) is 3.29. The normalized spacial score (nSPS) is 12.6. The van der Waals surface area contributed by atoms with Gasteiger partial charge in [-0.05, 0) is 0 Å². The zero-order valence-electron chi connectivity index (χ0n) is 4.90. The highest BCUT2D eigenvalue weighted by atomic mass is 31.2. The lowest BCUT2D eigenvalue weighted by atomic mass is 10.4. The van der Waals surface area contributed by atoms with E-state index in [0.717, 1.165) is 0 Å². The molecule has 6 heteroatoms. The molecule has 0 aromatic rings. The molecule has 0 spiro atoms. The molecule has 0 aromatic heterocycles. The van der Waals surface area contributed by atoms with Crippen LogP contribution in [0.3, 0.4) is 0 Å². The fraction of sp³-hybridized carbons (Fsp3) is 1.00. The lowest BCUT2D eigenvalue weighted by molar-refractivity contribution is 0.359. The van der Waals surface area contributed by atoms with Crippen molar-refractivity contribution < 1.29 is 14.4 Å². The smallest absolute Gasteiger partial charge is 0.330 e. The molecule has 0 radical (unpaired) electrons. The van der Waals surface area contributed by atoms with Gasteiger partial charge in [0.25, 0.3) is 0 Å². The van der Waals surface area contributed by atoms with E-state index >= 15 is 0 Å². The molecule has 0 saturated heterocycles. The van der Waals surface area contributed by atoms with Gasteiger partial charge in [0.15, 0.2) is 0 Å². The van der Waals surface area contributed by atoms with Gasteiger partial charge in [-0.15, -0.1) is 0 Å². The summed E-state index contributed by atoms with van der Waals surface area (Å²) in [6.45, 7) is -0.137. The van der Waals surface area contributed by atoms with Crippen LogP contribution in [0, 0.1) is 0 Å². The van der Waals surface area contributed by atoms with E-state index in [1.54, 1.807) is 0 Å². The monoisotopic (exact) mass is 154 g/mol. The third kappa shape index (κ3) is 2.93. The second-order valence-corrected chi connectivity index (χ2v) is 3.62. The van der Waals surface area contributed by atoms with E-state index in [-0.39, 0.29) is 13.1 Å². The van der Waals surface area contributed by atoms with Crippen LogP contribution < -0.4 is 11.5 Å². The zero-order valence-corrected chi connectivity index (χ0v) is 5.79. The van der Waals surface area contributed by atoms with Gasteiger partial charge in [0.2, 0.25) is 0 Å². The molecule has 0 atom stereocenters. The van der Waals surface area contributed by atoms with Gasteiger partial charge in [-0.1, -0.05) is 0 Å². The number of hydrogen-bond donors (Lipinski definition) is 4. The predicted octanol–water partition coefficient (Wildman–Crippen LogP) is -1.55. The molecule has 0 aliphatic carbocycles. The Morgan fingerprint density at radius 1 is 1.33 bits per heavy atom. The average molecular weight is 154 g/mol. The van der Waals surface area contributed by atoms with Crippen LogP contribution >= 0.6 is 7.60 Å². The van der Waals surface area contributed by atoms with Crippen LogP contribution in [0.25, 0.3) is 0 Å². The molecule has 9 heavy (non-hydrogen) atoms. The molecule has 0 rings (SSSR count). The summed E-state index contributed by atoms with van der Waals surface area (Å²) in [6, 6.07) is 0. The van der Waals surface area contributed by atoms with Crippen molar-refractivity contribution in [1.82, 2.24) is 0 Å². The topological polar surface area (TPSA) is 110 Å². The maximum atomic E-state index is 10.3. The first kappa shape index (κ1) is 9.07. The number of nitrogens with two attached hydrogens (primary N) is 2. The Morgan fingerprint density at radius 2 is 1.67 bits per heavy atom. The summed E-state index contributed by atoms with van der Waals surface area (Å²) in [6.07, 6.45) is 0. The van der Waals surface area contributed by atoms with E-state index in [4.69, 9.17) is 21.3 Å². The van der Waals surface area contributed by atoms with Crippen molar-refractivity contribution in [2.24, 2.45) is 11.5 Å². The highest BCUT2D eigenvalue weighted by Gasteiger charge is 2.25. The lowest BCUT2D eigenvalue weighted by Crippen LogP contribution is -2.28. The van der Waals surface area contributed by atoms with Gasteiger partial charge < -0.3 is 21.3 Å². The van der Waals surface area contributed by atoms with E-state index in [1.165, 1.54) is 0 Å². The molecule has 0 amide bonds.